The first-order valence-corrected chi connectivity index (χ1v) is 9.63. The highest BCUT2D eigenvalue weighted by Crippen LogP contribution is 2.34. The summed E-state index contributed by atoms with van der Waals surface area (Å²) < 4.78 is 0. The summed E-state index contributed by atoms with van der Waals surface area (Å²) in [6.07, 6.45) is 8.99. The molecule has 2 aliphatic rings. The Labute approximate surface area is 150 Å². The van der Waals surface area contributed by atoms with E-state index in [4.69, 9.17) is 4.98 Å². The molecule has 1 atom stereocenters. The van der Waals surface area contributed by atoms with Gasteiger partial charge >= 0.3 is 0 Å². The fraction of sp³-hybridized carbons (Fsp3) is 0.650. The van der Waals surface area contributed by atoms with E-state index in [1.165, 1.54) is 39.0 Å². The summed E-state index contributed by atoms with van der Waals surface area (Å²) in [5.41, 5.74) is 1.80. The molecular formula is C20H29N3O2. The van der Waals surface area contributed by atoms with Crippen molar-refractivity contribution in [3.63, 3.8) is 0 Å². The third-order valence-electron chi connectivity index (χ3n) is 5.45. The predicted molar refractivity (Wildman–Crippen MR) is 96.6 cm³/mol. The summed E-state index contributed by atoms with van der Waals surface area (Å²) in [5.74, 6) is 0.808. The lowest BCUT2D eigenvalue weighted by Crippen LogP contribution is -2.32. The number of hydrogen-bond donors (Lipinski definition) is 1. The number of nitrogens with one attached hydrogen (secondary N) is 1. The predicted octanol–water partition coefficient (Wildman–Crippen LogP) is 3.35. The van der Waals surface area contributed by atoms with Gasteiger partial charge in [-0.25, -0.2) is 0 Å². The van der Waals surface area contributed by atoms with Gasteiger partial charge in [0.1, 0.15) is 0 Å². The van der Waals surface area contributed by atoms with Crippen molar-refractivity contribution < 1.29 is 9.59 Å². The van der Waals surface area contributed by atoms with Crippen LogP contribution in [-0.2, 0) is 16.1 Å². The van der Waals surface area contributed by atoms with Gasteiger partial charge in [0.05, 0.1) is 24.0 Å². The Bertz CT molecular complexity index is 611. The van der Waals surface area contributed by atoms with E-state index in [9.17, 15) is 9.59 Å². The van der Waals surface area contributed by atoms with Crippen molar-refractivity contribution in [3.8, 4) is 0 Å². The van der Waals surface area contributed by atoms with Crippen molar-refractivity contribution in [2.24, 2.45) is 5.92 Å². The van der Waals surface area contributed by atoms with Crippen LogP contribution in [0.1, 0.15) is 75.7 Å². The SMILES string of the molecule is CC(=O)NCc1cccc([C@@H]2CCCN2C(=O)CC2CCCCC2)n1. The molecule has 136 valence electrons. The van der Waals surface area contributed by atoms with Gasteiger partial charge in [0.25, 0.3) is 0 Å². The van der Waals surface area contributed by atoms with Gasteiger partial charge in [-0.1, -0.05) is 25.3 Å². The molecule has 2 heterocycles. The third kappa shape index (κ3) is 4.80. The second-order valence-electron chi connectivity index (χ2n) is 7.42. The third-order valence-corrected chi connectivity index (χ3v) is 5.45. The second kappa shape index (κ2) is 8.45. The smallest absolute Gasteiger partial charge is 0.223 e. The van der Waals surface area contributed by atoms with Crippen LogP contribution in [0.4, 0.5) is 0 Å². The van der Waals surface area contributed by atoms with Crippen LogP contribution in [0.25, 0.3) is 0 Å². The molecule has 1 aromatic rings. The zero-order valence-corrected chi connectivity index (χ0v) is 15.2. The number of amides is 2. The Morgan fingerprint density at radius 3 is 2.72 bits per heavy atom. The van der Waals surface area contributed by atoms with Crippen molar-refractivity contribution in [1.82, 2.24) is 15.2 Å². The fourth-order valence-electron chi connectivity index (χ4n) is 4.13. The number of carbonyl (C=O) groups is 2. The number of hydrogen-bond acceptors (Lipinski definition) is 3. The normalized spacial score (nSPS) is 21.3. The minimum atomic E-state index is -0.0580. The topological polar surface area (TPSA) is 62.3 Å². The van der Waals surface area contributed by atoms with Crippen LogP contribution < -0.4 is 5.32 Å². The van der Waals surface area contributed by atoms with Crippen LogP contribution in [0.5, 0.6) is 0 Å². The van der Waals surface area contributed by atoms with Crippen LogP contribution in [0.15, 0.2) is 18.2 Å². The van der Waals surface area contributed by atoms with E-state index in [0.29, 0.717) is 24.8 Å². The van der Waals surface area contributed by atoms with E-state index in [0.717, 1.165) is 30.8 Å². The number of nitrogens with zero attached hydrogens (tertiary/aromatic N) is 2. The van der Waals surface area contributed by atoms with Crippen molar-refractivity contribution in [3.05, 3.63) is 29.6 Å². The quantitative estimate of drug-likeness (QED) is 0.892. The van der Waals surface area contributed by atoms with Crippen LogP contribution in [0, 0.1) is 5.92 Å². The Morgan fingerprint density at radius 1 is 1.16 bits per heavy atom. The molecule has 1 aliphatic carbocycles. The highest BCUT2D eigenvalue weighted by atomic mass is 16.2. The molecule has 2 amide bonds. The largest absolute Gasteiger partial charge is 0.351 e. The minimum absolute atomic E-state index is 0.0580. The van der Waals surface area contributed by atoms with Gasteiger partial charge in [-0.3, -0.25) is 14.6 Å². The summed E-state index contributed by atoms with van der Waals surface area (Å²) in [7, 11) is 0. The van der Waals surface area contributed by atoms with Gasteiger partial charge in [0.2, 0.25) is 11.8 Å². The van der Waals surface area contributed by atoms with Gasteiger partial charge in [0, 0.05) is 19.9 Å². The number of likely N-dealkylation sites (tertiary alicyclic amines) is 1. The van der Waals surface area contributed by atoms with Crippen molar-refractivity contribution in [2.75, 3.05) is 6.54 Å². The van der Waals surface area contributed by atoms with Crippen molar-refractivity contribution >= 4 is 11.8 Å². The van der Waals surface area contributed by atoms with E-state index in [1.54, 1.807) is 0 Å². The second-order valence-corrected chi connectivity index (χ2v) is 7.42. The summed E-state index contributed by atoms with van der Waals surface area (Å²) in [5, 5.41) is 2.79. The van der Waals surface area contributed by atoms with Gasteiger partial charge in [-0.2, -0.15) is 0 Å². The van der Waals surface area contributed by atoms with E-state index in [2.05, 4.69) is 5.32 Å². The molecule has 25 heavy (non-hydrogen) atoms. The Hall–Kier alpha value is -1.91. The maximum Gasteiger partial charge on any atom is 0.223 e. The zero-order chi connectivity index (χ0) is 17.6. The molecule has 1 saturated heterocycles. The van der Waals surface area contributed by atoms with Crippen LogP contribution >= 0.6 is 0 Å². The maximum absolute atomic E-state index is 12.8. The molecule has 0 spiro atoms. The highest BCUT2D eigenvalue weighted by Gasteiger charge is 2.32. The van der Waals surface area contributed by atoms with Crippen molar-refractivity contribution in [1.29, 1.82) is 0 Å². The summed E-state index contributed by atoms with van der Waals surface area (Å²) in [6, 6.07) is 5.99. The lowest BCUT2D eigenvalue weighted by Gasteiger charge is -2.28. The average molecular weight is 343 g/mol. The standard InChI is InChI=1S/C20H29N3O2/c1-15(24)21-14-17-9-5-10-18(22-17)19-11-6-12-23(19)20(25)13-16-7-3-2-4-8-16/h5,9-10,16,19H,2-4,6-8,11-14H2,1H3,(H,21,24)/t19-/m0/s1. The number of pyridine rings is 1. The number of rotatable bonds is 5. The lowest BCUT2D eigenvalue weighted by atomic mass is 9.86. The molecule has 1 saturated carbocycles. The first-order chi connectivity index (χ1) is 12.1. The average Bonchev–Trinajstić information content (AvgIpc) is 3.11. The maximum atomic E-state index is 12.8. The summed E-state index contributed by atoms with van der Waals surface area (Å²) in [4.78, 5) is 30.7. The Balaban J connectivity index is 1.65. The molecule has 5 heteroatoms. The Kier molecular flexibility index (Phi) is 6.05. The number of aromatic nitrogens is 1. The molecular weight excluding hydrogens is 314 g/mol. The minimum Gasteiger partial charge on any atom is -0.351 e. The molecule has 2 fully saturated rings. The van der Waals surface area contributed by atoms with E-state index < -0.39 is 0 Å². The van der Waals surface area contributed by atoms with Gasteiger partial charge in [-0.05, 0) is 43.7 Å². The summed E-state index contributed by atoms with van der Waals surface area (Å²) in [6.45, 7) is 2.78. The molecule has 1 aliphatic heterocycles. The van der Waals surface area contributed by atoms with Crippen LogP contribution in [0.2, 0.25) is 0 Å². The molecule has 0 unspecified atom stereocenters. The molecule has 0 aromatic carbocycles. The summed E-state index contributed by atoms with van der Waals surface area (Å²) >= 11 is 0. The monoisotopic (exact) mass is 343 g/mol. The van der Waals surface area contributed by atoms with Crippen LogP contribution in [0.3, 0.4) is 0 Å². The lowest BCUT2D eigenvalue weighted by molar-refractivity contribution is -0.133. The molecule has 0 bridgehead atoms. The van der Waals surface area contributed by atoms with E-state index >= 15 is 0 Å². The molecule has 1 aromatic heterocycles. The number of carbonyl (C=O) groups excluding carboxylic acids is 2. The first kappa shape index (κ1) is 17.9. The van der Waals surface area contributed by atoms with Gasteiger partial charge in [0.15, 0.2) is 0 Å². The molecule has 3 rings (SSSR count). The first-order valence-electron chi connectivity index (χ1n) is 9.63. The van der Waals surface area contributed by atoms with E-state index in [1.807, 2.05) is 23.1 Å². The Morgan fingerprint density at radius 2 is 1.96 bits per heavy atom. The zero-order valence-electron chi connectivity index (χ0n) is 15.2. The van der Waals surface area contributed by atoms with Gasteiger partial charge < -0.3 is 10.2 Å². The fourth-order valence-corrected chi connectivity index (χ4v) is 4.13. The van der Waals surface area contributed by atoms with E-state index in [-0.39, 0.29) is 11.9 Å². The van der Waals surface area contributed by atoms with Gasteiger partial charge in [-0.15, -0.1) is 0 Å². The highest BCUT2D eigenvalue weighted by molar-refractivity contribution is 5.77. The van der Waals surface area contributed by atoms with Crippen LogP contribution in [-0.4, -0.2) is 28.2 Å². The molecule has 0 radical (unpaired) electrons. The molecule has 1 N–H and O–H groups in total. The van der Waals surface area contributed by atoms with Crippen molar-refractivity contribution in [2.45, 2.75) is 70.9 Å². The molecule has 5 nitrogen and oxygen atoms in total.